The molecule has 0 aliphatic rings. The second-order valence-corrected chi connectivity index (χ2v) is 2.17. The lowest BCUT2D eigenvalue weighted by Crippen LogP contribution is -1.91. The summed E-state index contributed by atoms with van der Waals surface area (Å²) in [5, 5.41) is 0. The zero-order valence-corrected chi connectivity index (χ0v) is 6.47. The third-order valence-electron chi connectivity index (χ3n) is 1.21. The second-order valence-electron chi connectivity index (χ2n) is 2.17. The zero-order valence-electron chi connectivity index (χ0n) is 6.47. The summed E-state index contributed by atoms with van der Waals surface area (Å²) in [5.74, 6) is 0.391. The largest absolute Gasteiger partial charge is 0.382 e. The van der Waals surface area contributed by atoms with Crippen LogP contribution in [-0.2, 0) is 4.79 Å². The van der Waals surface area contributed by atoms with Crippen molar-refractivity contribution in [3.05, 3.63) is 24.2 Å². The van der Waals surface area contributed by atoms with E-state index in [1.807, 2.05) is 0 Å². The highest BCUT2D eigenvalue weighted by Gasteiger charge is 1.87. The van der Waals surface area contributed by atoms with Crippen molar-refractivity contribution in [1.29, 1.82) is 0 Å². The Hall–Kier alpha value is -1.71. The average molecular weight is 163 g/mol. The molecule has 0 fully saturated rings. The first-order valence-corrected chi connectivity index (χ1v) is 3.50. The van der Waals surface area contributed by atoms with Crippen LogP contribution in [0.25, 0.3) is 6.08 Å². The molecule has 0 aliphatic heterocycles. The van der Waals surface area contributed by atoms with Crippen LogP contribution in [0.1, 0.15) is 12.1 Å². The number of carbonyl (C=O) groups is 1. The highest BCUT2D eigenvalue weighted by Crippen LogP contribution is 1.98. The predicted molar refractivity (Wildman–Crippen MR) is 46.2 cm³/mol. The van der Waals surface area contributed by atoms with E-state index in [1.54, 1.807) is 18.3 Å². The summed E-state index contributed by atoms with van der Waals surface area (Å²) in [6.45, 7) is 0. The Balaban J connectivity index is 2.64. The van der Waals surface area contributed by atoms with E-state index in [0.29, 0.717) is 17.9 Å². The quantitative estimate of drug-likeness (QED) is 0.664. The van der Waals surface area contributed by atoms with E-state index < -0.39 is 0 Å². The van der Waals surface area contributed by atoms with Crippen molar-refractivity contribution in [1.82, 2.24) is 9.97 Å². The number of aromatic nitrogens is 2. The molecular weight excluding hydrogens is 154 g/mol. The van der Waals surface area contributed by atoms with Crippen LogP contribution in [0.3, 0.4) is 0 Å². The van der Waals surface area contributed by atoms with E-state index in [9.17, 15) is 4.79 Å². The Morgan fingerprint density at radius 1 is 1.42 bits per heavy atom. The lowest BCUT2D eigenvalue weighted by molar-refractivity contribution is -0.107. The highest BCUT2D eigenvalue weighted by atomic mass is 16.1. The van der Waals surface area contributed by atoms with Crippen molar-refractivity contribution in [2.24, 2.45) is 0 Å². The van der Waals surface area contributed by atoms with Crippen molar-refractivity contribution in [3.63, 3.8) is 0 Å². The van der Waals surface area contributed by atoms with E-state index in [1.165, 1.54) is 6.20 Å². The maximum atomic E-state index is 9.94. The fourth-order valence-electron chi connectivity index (χ4n) is 0.678. The summed E-state index contributed by atoms with van der Waals surface area (Å²) >= 11 is 0. The molecule has 0 aromatic carbocycles. The van der Waals surface area contributed by atoms with Gasteiger partial charge in [0, 0.05) is 6.42 Å². The number of allylic oxidation sites excluding steroid dienone is 1. The smallest absolute Gasteiger partial charge is 0.141 e. The van der Waals surface area contributed by atoms with Crippen LogP contribution in [0, 0.1) is 0 Å². The van der Waals surface area contributed by atoms with Gasteiger partial charge in [-0.1, -0.05) is 6.08 Å². The molecule has 0 aliphatic carbocycles. The van der Waals surface area contributed by atoms with Gasteiger partial charge >= 0.3 is 0 Å². The monoisotopic (exact) mass is 163 g/mol. The molecule has 4 nitrogen and oxygen atoms in total. The summed E-state index contributed by atoms with van der Waals surface area (Å²) < 4.78 is 0. The van der Waals surface area contributed by atoms with Gasteiger partial charge in [-0.3, -0.25) is 4.98 Å². The molecule has 1 aromatic rings. The van der Waals surface area contributed by atoms with Crippen LogP contribution < -0.4 is 5.73 Å². The molecule has 0 atom stereocenters. The normalized spacial score (nSPS) is 10.3. The molecule has 0 saturated carbocycles. The van der Waals surface area contributed by atoms with Crippen molar-refractivity contribution in [2.45, 2.75) is 6.42 Å². The van der Waals surface area contributed by atoms with E-state index in [4.69, 9.17) is 5.73 Å². The molecule has 0 unspecified atom stereocenters. The summed E-state index contributed by atoms with van der Waals surface area (Å²) in [7, 11) is 0. The van der Waals surface area contributed by atoms with E-state index in [-0.39, 0.29) is 0 Å². The average Bonchev–Trinajstić information content (AvgIpc) is 2.09. The second kappa shape index (κ2) is 4.23. The summed E-state index contributed by atoms with van der Waals surface area (Å²) in [6.07, 6.45) is 7.68. The zero-order chi connectivity index (χ0) is 8.81. The highest BCUT2D eigenvalue weighted by molar-refractivity contribution is 5.56. The van der Waals surface area contributed by atoms with E-state index in [0.717, 1.165) is 6.29 Å². The standard InChI is InChI=1S/C8H9N3O/c9-8-6-10-7(5-11-8)3-1-2-4-12/h1,3-6H,2H2,(H2,9,11). The fourth-order valence-corrected chi connectivity index (χ4v) is 0.678. The molecule has 2 N–H and O–H groups in total. The Morgan fingerprint density at radius 3 is 2.83 bits per heavy atom. The third kappa shape index (κ3) is 2.49. The lowest BCUT2D eigenvalue weighted by Gasteiger charge is -1.91. The number of hydrogen-bond donors (Lipinski definition) is 1. The first-order chi connectivity index (χ1) is 5.83. The minimum atomic E-state index is 0.391. The lowest BCUT2D eigenvalue weighted by atomic mass is 10.3. The van der Waals surface area contributed by atoms with Crippen LogP contribution in [-0.4, -0.2) is 16.3 Å². The van der Waals surface area contributed by atoms with Crippen LogP contribution in [0.5, 0.6) is 0 Å². The van der Waals surface area contributed by atoms with E-state index in [2.05, 4.69) is 9.97 Å². The van der Waals surface area contributed by atoms with E-state index >= 15 is 0 Å². The van der Waals surface area contributed by atoms with Crippen LogP contribution >= 0.6 is 0 Å². The predicted octanol–water partition coefficient (Wildman–Crippen LogP) is 0.661. The molecule has 0 saturated heterocycles. The number of anilines is 1. The van der Waals surface area contributed by atoms with Gasteiger partial charge in [-0.25, -0.2) is 4.98 Å². The molecule has 12 heavy (non-hydrogen) atoms. The van der Waals surface area contributed by atoms with Gasteiger partial charge in [-0.15, -0.1) is 0 Å². The number of hydrogen-bond acceptors (Lipinski definition) is 4. The molecule has 4 heteroatoms. The van der Waals surface area contributed by atoms with Gasteiger partial charge in [0.1, 0.15) is 12.1 Å². The topological polar surface area (TPSA) is 68.9 Å². The van der Waals surface area contributed by atoms with Gasteiger partial charge in [0.2, 0.25) is 0 Å². The van der Waals surface area contributed by atoms with Gasteiger partial charge in [0.25, 0.3) is 0 Å². The number of nitrogen functional groups attached to an aromatic ring is 1. The van der Waals surface area contributed by atoms with Crippen molar-refractivity contribution in [2.75, 3.05) is 5.73 Å². The Labute approximate surface area is 70.1 Å². The Bertz CT molecular complexity index is 279. The molecule has 1 heterocycles. The van der Waals surface area contributed by atoms with Crippen molar-refractivity contribution in [3.8, 4) is 0 Å². The number of nitrogens with zero attached hydrogens (tertiary/aromatic N) is 2. The minimum Gasteiger partial charge on any atom is -0.382 e. The van der Waals surface area contributed by atoms with Crippen molar-refractivity contribution >= 4 is 18.2 Å². The number of aldehydes is 1. The third-order valence-corrected chi connectivity index (χ3v) is 1.21. The Kier molecular flexibility index (Phi) is 2.95. The van der Waals surface area contributed by atoms with Crippen LogP contribution in [0.15, 0.2) is 18.5 Å². The molecule has 1 rings (SSSR count). The fraction of sp³-hybridized carbons (Fsp3) is 0.125. The van der Waals surface area contributed by atoms with Gasteiger partial charge in [0.15, 0.2) is 0 Å². The van der Waals surface area contributed by atoms with Crippen molar-refractivity contribution < 1.29 is 4.79 Å². The van der Waals surface area contributed by atoms with Gasteiger partial charge in [0.05, 0.1) is 18.1 Å². The van der Waals surface area contributed by atoms with Gasteiger partial charge in [-0.2, -0.15) is 0 Å². The van der Waals surface area contributed by atoms with Crippen LogP contribution in [0.4, 0.5) is 5.82 Å². The molecule has 0 amide bonds. The molecule has 0 bridgehead atoms. The maximum absolute atomic E-state index is 9.94. The molecule has 62 valence electrons. The SMILES string of the molecule is Nc1cnc(C=CCC=O)cn1. The number of carbonyl (C=O) groups excluding carboxylic acids is 1. The molecule has 0 radical (unpaired) electrons. The molecular formula is C8H9N3O. The minimum absolute atomic E-state index is 0.391. The van der Waals surface area contributed by atoms with Crippen LogP contribution in [0.2, 0.25) is 0 Å². The Morgan fingerprint density at radius 2 is 2.25 bits per heavy atom. The molecule has 0 spiro atoms. The molecule has 1 aromatic heterocycles. The summed E-state index contributed by atoms with van der Waals surface area (Å²) in [4.78, 5) is 17.7. The summed E-state index contributed by atoms with van der Waals surface area (Å²) in [6, 6.07) is 0. The first kappa shape index (κ1) is 8.39. The first-order valence-electron chi connectivity index (χ1n) is 3.50. The number of nitrogens with two attached hydrogens (primary N) is 1. The summed E-state index contributed by atoms with van der Waals surface area (Å²) in [5.41, 5.74) is 6.03. The maximum Gasteiger partial charge on any atom is 0.141 e. The van der Waals surface area contributed by atoms with Gasteiger partial charge in [-0.05, 0) is 6.08 Å². The van der Waals surface area contributed by atoms with Gasteiger partial charge < -0.3 is 10.5 Å². The number of rotatable bonds is 3.